The lowest BCUT2D eigenvalue weighted by atomic mass is 10.1. The molecule has 0 aromatic heterocycles. The van der Waals surface area contributed by atoms with Crippen molar-refractivity contribution in [2.24, 2.45) is 0 Å². The number of halogens is 2. The Bertz CT molecular complexity index is 379. The summed E-state index contributed by atoms with van der Waals surface area (Å²) in [6, 6.07) is 2.49. The Hall–Kier alpha value is -1.10. The van der Waals surface area contributed by atoms with Crippen molar-refractivity contribution in [1.82, 2.24) is 0 Å². The van der Waals surface area contributed by atoms with Crippen LogP contribution in [0.5, 0.6) is 5.75 Å². The monoisotopic (exact) mass is 276 g/mol. The minimum Gasteiger partial charge on any atom is -0.505 e. The molecule has 3 nitrogen and oxygen atoms in total. The second-order valence-corrected chi connectivity index (χ2v) is 3.84. The summed E-state index contributed by atoms with van der Waals surface area (Å²) in [7, 11) is 0. The molecule has 0 aliphatic heterocycles. The molecule has 0 amide bonds. The lowest BCUT2D eigenvalue weighted by Gasteiger charge is -2.06. The molecule has 1 aromatic rings. The van der Waals surface area contributed by atoms with Gasteiger partial charge in [-0.2, -0.15) is 0 Å². The molecule has 0 saturated carbocycles. The van der Waals surface area contributed by atoms with E-state index in [9.17, 15) is 9.18 Å². The van der Waals surface area contributed by atoms with Crippen LogP contribution in [0.25, 0.3) is 0 Å². The number of phenols is 1. The molecular formula is C10H10BrFO3. The first-order valence-electron chi connectivity index (χ1n) is 4.31. The van der Waals surface area contributed by atoms with Gasteiger partial charge in [-0.1, -0.05) is 15.9 Å². The molecule has 0 saturated heterocycles. The summed E-state index contributed by atoms with van der Waals surface area (Å²) in [5.74, 6) is -1.45. The van der Waals surface area contributed by atoms with Gasteiger partial charge in [0.05, 0.1) is 6.61 Å². The van der Waals surface area contributed by atoms with Crippen LogP contribution in [0.4, 0.5) is 4.39 Å². The molecule has 0 spiro atoms. The topological polar surface area (TPSA) is 46.5 Å². The van der Waals surface area contributed by atoms with Gasteiger partial charge in [0, 0.05) is 17.8 Å². The van der Waals surface area contributed by atoms with Gasteiger partial charge in [0.25, 0.3) is 0 Å². The fourth-order valence-electron chi connectivity index (χ4n) is 1.08. The number of carbonyl (C=O) groups excluding carboxylic acids is 1. The van der Waals surface area contributed by atoms with Gasteiger partial charge in [-0.05, 0) is 17.7 Å². The van der Waals surface area contributed by atoms with Gasteiger partial charge in [-0.3, -0.25) is 4.79 Å². The number of rotatable bonds is 3. The molecule has 82 valence electrons. The van der Waals surface area contributed by atoms with Gasteiger partial charge in [-0.25, -0.2) is 4.39 Å². The zero-order valence-corrected chi connectivity index (χ0v) is 9.67. The van der Waals surface area contributed by atoms with Crippen LogP contribution in [0.1, 0.15) is 12.5 Å². The zero-order valence-electron chi connectivity index (χ0n) is 8.09. The van der Waals surface area contributed by atoms with Gasteiger partial charge < -0.3 is 9.84 Å². The maximum absolute atomic E-state index is 12.8. The quantitative estimate of drug-likeness (QED) is 0.863. The molecule has 0 bridgehead atoms. The molecule has 0 unspecified atom stereocenters. The minimum atomic E-state index is -0.682. The number of hydrogen-bond acceptors (Lipinski definition) is 3. The van der Waals surface area contributed by atoms with Crippen molar-refractivity contribution >= 4 is 21.9 Å². The third-order valence-corrected chi connectivity index (χ3v) is 2.53. The smallest absolute Gasteiger partial charge is 0.302 e. The fourth-order valence-corrected chi connectivity index (χ4v) is 1.59. The maximum Gasteiger partial charge on any atom is 0.302 e. The van der Waals surface area contributed by atoms with Gasteiger partial charge in [-0.15, -0.1) is 0 Å². The molecule has 1 N–H and O–H groups in total. The van der Waals surface area contributed by atoms with Crippen LogP contribution < -0.4 is 0 Å². The van der Waals surface area contributed by atoms with E-state index >= 15 is 0 Å². The predicted molar refractivity (Wildman–Crippen MR) is 56.1 cm³/mol. The lowest BCUT2D eigenvalue weighted by molar-refractivity contribution is -0.140. The molecular weight excluding hydrogens is 267 g/mol. The number of ether oxygens (including phenoxy) is 1. The summed E-state index contributed by atoms with van der Waals surface area (Å²) in [4.78, 5) is 10.5. The highest BCUT2D eigenvalue weighted by Gasteiger charge is 2.07. The van der Waals surface area contributed by atoms with Gasteiger partial charge in [0.15, 0.2) is 11.6 Å². The number of aromatic hydroxyl groups is 1. The molecule has 0 aliphatic rings. The Morgan fingerprint density at radius 1 is 1.60 bits per heavy atom. The molecule has 5 heteroatoms. The largest absolute Gasteiger partial charge is 0.505 e. The molecule has 0 radical (unpaired) electrons. The number of esters is 1. The summed E-state index contributed by atoms with van der Waals surface area (Å²) in [6.45, 7) is 1.52. The van der Waals surface area contributed by atoms with Crippen molar-refractivity contribution in [2.75, 3.05) is 6.61 Å². The van der Waals surface area contributed by atoms with Crippen molar-refractivity contribution in [3.63, 3.8) is 0 Å². The Kier molecular flexibility index (Phi) is 4.08. The second-order valence-electron chi connectivity index (χ2n) is 2.99. The van der Waals surface area contributed by atoms with E-state index in [1.807, 2.05) is 0 Å². The molecule has 0 aliphatic carbocycles. The highest BCUT2D eigenvalue weighted by molar-refractivity contribution is 9.10. The van der Waals surface area contributed by atoms with E-state index in [-0.39, 0.29) is 12.6 Å². The van der Waals surface area contributed by atoms with E-state index in [0.717, 1.165) is 0 Å². The highest BCUT2D eigenvalue weighted by Crippen LogP contribution is 2.25. The van der Waals surface area contributed by atoms with Crippen LogP contribution in [0.15, 0.2) is 16.6 Å². The standard InChI is InChI=1S/C10H10BrFO3/c1-6(13)15-3-2-7-4-10(14)9(12)5-8(7)11/h4-5,14H,2-3H2,1H3. The van der Waals surface area contributed by atoms with Crippen LogP contribution >= 0.6 is 15.9 Å². The zero-order chi connectivity index (χ0) is 11.4. The van der Waals surface area contributed by atoms with Gasteiger partial charge in [0.2, 0.25) is 0 Å². The maximum atomic E-state index is 12.8. The molecule has 0 atom stereocenters. The van der Waals surface area contributed by atoms with E-state index < -0.39 is 11.6 Å². The summed E-state index contributed by atoms with van der Waals surface area (Å²) >= 11 is 3.16. The molecule has 0 fully saturated rings. The third kappa shape index (κ3) is 3.51. The number of benzene rings is 1. The van der Waals surface area contributed by atoms with Gasteiger partial charge in [0.1, 0.15) is 0 Å². The SMILES string of the molecule is CC(=O)OCCc1cc(O)c(F)cc1Br. The van der Waals surface area contributed by atoms with Crippen LogP contribution in [0, 0.1) is 5.82 Å². The van der Waals surface area contributed by atoms with Crippen LogP contribution in [0.3, 0.4) is 0 Å². The lowest BCUT2D eigenvalue weighted by Crippen LogP contribution is -2.03. The van der Waals surface area contributed by atoms with E-state index in [0.29, 0.717) is 16.5 Å². The average molecular weight is 277 g/mol. The Labute approximate surface area is 95.0 Å². The first kappa shape index (κ1) is 12.0. The molecule has 1 rings (SSSR count). The Morgan fingerprint density at radius 2 is 2.27 bits per heavy atom. The molecule has 0 heterocycles. The Morgan fingerprint density at radius 3 is 2.87 bits per heavy atom. The summed E-state index contributed by atoms with van der Waals surface area (Å²) in [5.41, 5.74) is 0.690. The predicted octanol–water partition coefficient (Wildman–Crippen LogP) is 2.40. The van der Waals surface area contributed by atoms with Crippen LogP contribution in [-0.4, -0.2) is 17.7 Å². The first-order chi connectivity index (χ1) is 7.00. The Balaban J connectivity index is 2.69. The summed E-state index contributed by atoms with van der Waals surface area (Å²) in [6.07, 6.45) is 0.425. The number of phenolic OH excluding ortho intramolecular Hbond substituents is 1. The molecule has 15 heavy (non-hydrogen) atoms. The van der Waals surface area contributed by atoms with E-state index in [2.05, 4.69) is 15.9 Å². The van der Waals surface area contributed by atoms with Gasteiger partial charge >= 0.3 is 5.97 Å². The van der Waals surface area contributed by atoms with Crippen LogP contribution in [-0.2, 0) is 16.0 Å². The third-order valence-electron chi connectivity index (χ3n) is 1.79. The van der Waals surface area contributed by atoms with Crippen molar-refractivity contribution < 1.29 is 19.0 Å². The number of hydrogen-bond donors (Lipinski definition) is 1. The normalized spacial score (nSPS) is 10.1. The molecule has 1 aromatic carbocycles. The van der Waals surface area contributed by atoms with E-state index in [1.165, 1.54) is 19.1 Å². The van der Waals surface area contributed by atoms with Crippen molar-refractivity contribution in [3.8, 4) is 5.75 Å². The van der Waals surface area contributed by atoms with Crippen molar-refractivity contribution in [3.05, 3.63) is 28.0 Å². The fraction of sp³-hybridized carbons (Fsp3) is 0.300. The minimum absolute atomic E-state index is 0.207. The van der Waals surface area contributed by atoms with E-state index in [1.54, 1.807) is 0 Å². The van der Waals surface area contributed by atoms with E-state index in [4.69, 9.17) is 9.84 Å². The second kappa shape index (κ2) is 5.11. The van der Waals surface area contributed by atoms with Crippen LogP contribution in [0.2, 0.25) is 0 Å². The summed E-state index contributed by atoms with van der Waals surface area (Å²) < 4.78 is 18.1. The first-order valence-corrected chi connectivity index (χ1v) is 5.10. The van der Waals surface area contributed by atoms with Crippen molar-refractivity contribution in [2.45, 2.75) is 13.3 Å². The summed E-state index contributed by atoms with van der Waals surface area (Å²) in [5, 5.41) is 9.13. The highest BCUT2D eigenvalue weighted by atomic mass is 79.9. The number of carbonyl (C=O) groups is 1. The van der Waals surface area contributed by atoms with Crippen molar-refractivity contribution in [1.29, 1.82) is 0 Å². The average Bonchev–Trinajstić information content (AvgIpc) is 2.13.